The molecule has 0 aliphatic carbocycles. The second-order valence-corrected chi connectivity index (χ2v) is 7.22. The molecule has 7 heteroatoms. The molecule has 1 unspecified atom stereocenters. The Bertz CT molecular complexity index is 645. The van der Waals surface area contributed by atoms with E-state index in [9.17, 15) is 8.42 Å². The fourth-order valence-electron chi connectivity index (χ4n) is 1.78. The van der Waals surface area contributed by atoms with Gasteiger partial charge in [-0.25, -0.2) is 13.1 Å². The molecule has 0 saturated heterocycles. The van der Waals surface area contributed by atoms with E-state index in [1.165, 1.54) is 17.6 Å². The summed E-state index contributed by atoms with van der Waals surface area (Å²) in [5.74, 6) is 0.579. The number of furan rings is 1. The lowest BCUT2D eigenvalue weighted by Crippen LogP contribution is -2.26. The van der Waals surface area contributed by atoms with E-state index in [2.05, 4.69) is 4.72 Å². The topological polar surface area (TPSA) is 85.3 Å². The predicted octanol–water partition coefficient (Wildman–Crippen LogP) is 2.15. The van der Waals surface area contributed by atoms with Crippen molar-refractivity contribution in [2.75, 3.05) is 0 Å². The fraction of sp³-hybridized carbons (Fsp3) is 0.333. The number of nitrogens with two attached hydrogens (primary N) is 1. The highest BCUT2D eigenvalue weighted by atomic mass is 32.2. The van der Waals surface area contributed by atoms with Crippen molar-refractivity contribution in [2.45, 2.75) is 31.3 Å². The van der Waals surface area contributed by atoms with E-state index in [4.69, 9.17) is 10.2 Å². The number of sulfonamides is 1. The van der Waals surface area contributed by atoms with Crippen LogP contribution in [0.5, 0.6) is 0 Å². The van der Waals surface area contributed by atoms with Crippen molar-refractivity contribution in [1.29, 1.82) is 0 Å². The lowest BCUT2D eigenvalue weighted by atomic mass is 10.3. The van der Waals surface area contributed by atoms with Gasteiger partial charge in [0.05, 0.1) is 17.2 Å². The molecular weight excluding hydrogens is 284 g/mol. The maximum atomic E-state index is 12.3. The van der Waals surface area contributed by atoms with Gasteiger partial charge < -0.3 is 10.2 Å². The van der Waals surface area contributed by atoms with Gasteiger partial charge in [0, 0.05) is 16.3 Å². The molecule has 0 radical (unpaired) electrons. The molecule has 0 saturated carbocycles. The third-order valence-electron chi connectivity index (χ3n) is 2.72. The highest BCUT2D eigenvalue weighted by Gasteiger charge is 2.23. The first kappa shape index (κ1) is 14.3. The Balaban J connectivity index is 2.25. The summed E-state index contributed by atoms with van der Waals surface area (Å²) in [4.78, 5) is 1.87. The molecule has 2 rings (SSSR count). The minimum Gasteiger partial charge on any atom is -0.468 e. The molecule has 0 aromatic carbocycles. The Morgan fingerprint density at radius 2 is 2.26 bits per heavy atom. The number of hydrogen-bond acceptors (Lipinski definition) is 5. The van der Waals surface area contributed by atoms with Gasteiger partial charge in [-0.3, -0.25) is 0 Å². The molecule has 2 heterocycles. The lowest BCUT2D eigenvalue weighted by Gasteiger charge is -2.11. The monoisotopic (exact) mass is 300 g/mol. The molecule has 2 aromatic heterocycles. The zero-order valence-electron chi connectivity index (χ0n) is 10.7. The number of rotatable bonds is 5. The van der Waals surface area contributed by atoms with E-state index in [0.717, 1.165) is 9.75 Å². The average Bonchev–Trinajstić information content (AvgIpc) is 2.96. The molecule has 0 amide bonds. The van der Waals surface area contributed by atoms with Crippen LogP contribution in [0.1, 0.15) is 28.5 Å². The highest BCUT2D eigenvalue weighted by Crippen LogP contribution is 2.26. The van der Waals surface area contributed by atoms with Crippen LogP contribution in [-0.4, -0.2) is 8.42 Å². The van der Waals surface area contributed by atoms with Crippen LogP contribution in [0.4, 0.5) is 0 Å². The Kier molecular flexibility index (Phi) is 4.10. The zero-order valence-corrected chi connectivity index (χ0v) is 12.3. The van der Waals surface area contributed by atoms with Gasteiger partial charge in [-0.2, -0.15) is 0 Å². The second kappa shape index (κ2) is 5.46. The van der Waals surface area contributed by atoms with Crippen LogP contribution in [0.2, 0.25) is 0 Å². The highest BCUT2D eigenvalue weighted by molar-refractivity contribution is 7.89. The molecule has 5 nitrogen and oxygen atoms in total. The van der Waals surface area contributed by atoms with Crippen molar-refractivity contribution in [3.8, 4) is 0 Å². The molecule has 0 bridgehead atoms. The van der Waals surface area contributed by atoms with Crippen LogP contribution >= 0.6 is 11.3 Å². The second-order valence-electron chi connectivity index (χ2n) is 4.20. The van der Waals surface area contributed by atoms with Gasteiger partial charge in [-0.05, 0) is 32.0 Å². The van der Waals surface area contributed by atoms with Crippen molar-refractivity contribution >= 4 is 21.4 Å². The van der Waals surface area contributed by atoms with E-state index in [-0.39, 0.29) is 4.90 Å². The van der Waals surface area contributed by atoms with E-state index in [0.29, 0.717) is 12.3 Å². The third-order valence-corrected chi connectivity index (χ3v) is 5.58. The van der Waals surface area contributed by atoms with Crippen LogP contribution < -0.4 is 10.5 Å². The molecule has 0 fully saturated rings. The minimum absolute atomic E-state index is 0.288. The Morgan fingerprint density at radius 3 is 2.79 bits per heavy atom. The summed E-state index contributed by atoms with van der Waals surface area (Å²) in [5, 5.41) is 0. The molecule has 2 aromatic rings. The van der Waals surface area contributed by atoms with Crippen molar-refractivity contribution < 1.29 is 12.8 Å². The number of aryl methyl sites for hydroxylation is 1. The molecule has 0 aliphatic heterocycles. The number of hydrogen-bond donors (Lipinski definition) is 2. The van der Waals surface area contributed by atoms with Gasteiger partial charge in [-0.1, -0.05) is 0 Å². The van der Waals surface area contributed by atoms with Crippen LogP contribution in [0, 0.1) is 6.92 Å². The van der Waals surface area contributed by atoms with Crippen LogP contribution in [0.3, 0.4) is 0 Å². The van der Waals surface area contributed by atoms with E-state index < -0.39 is 16.1 Å². The molecule has 104 valence electrons. The summed E-state index contributed by atoms with van der Waals surface area (Å²) in [6.07, 6.45) is 1.52. The molecule has 0 aliphatic rings. The third kappa shape index (κ3) is 3.06. The van der Waals surface area contributed by atoms with E-state index in [1.807, 2.05) is 0 Å². The first-order valence-corrected chi connectivity index (χ1v) is 8.09. The Labute approximate surface area is 116 Å². The normalized spacial score (nSPS) is 13.6. The number of nitrogens with one attached hydrogen (secondary N) is 1. The molecule has 3 N–H and O–H groups in total. The van der Waals surface area contributed by atoms with Gasteiger partial charge in [0.2, 0.25) is 10.0 Å². The maximum absolute atomic E-state index is 12.3. The minimum atomic E-state index is -3.56. The maximum Gasteiger partial charge on any atom is 0.242 e. The van der Waals surface area contributed by atoms with E-state index in [1.54, 1.807) is 32.0 Å². The fourth-order valence-corrected chi connectivity index (χ4v) is 4.51. The predicted molar refractivity (Wildman–Crippen MR) is 74.4 cm³/mol. The average molecular weight is 300 g/mol. The van der Waals surface area contributed by atoms with Crippen molar-refractivity contribution in [3.63, 3.8) is 0 Å². The van der Waals surface area contributed by atoms with Gasteiger partial charge in [0.1, 0.15) is 5.76 Å². The Hall–Kier alpha value is -1.15. The summed E-state index contributed by atoms with van der Waals surface area (Å²) >= 11 is 1.40. The van der Waals surface area contributed by atoms with Crippen molar-refractivity contribution in [2.24, 2.45) is 5.73 Å². The van der Waals surface area contributed by atoms with Crippen molar-refractivity contribution in [1.82, 2.24) is 4.72 Å². The first-order valence-electron chi connectivity index (χ1n) is 5.79. The molecule has 0 spiro atoms. The largest absolute Gasteiger partial charge is 0.468 e. The molecule has 1 atom stereocenters. The van der Waals surface area contributed by atoms with Gasteiger partial charge in [0.25, 0.3) is 0 Å². The smallest absolute Gasteiger partial charge is 0.242 e. The summed E-state index contributed by atoms with van der Waals surface area (Å²) < 4.78 is 32.4. The van der Waals surface area contributed by atoms with Crippen LogP contribution in [0.25, 0.3) is 0 Å². The summed E-state index contributed by atoms with van der Waals surface area (Å²) in [6, 6.07) is 4.67. The molecular formula is C12H16N2O3S2. The zero-order chi connectivity index (χ0) is 14.0. The molecule has 19 heavy (non-hydrogen) atoms. The van der Waals surface area contributed by atoms with Gasteiger partial charge >= 0.3 is 0 Å². The summed E-state index contributed by atoms with van der Waals surface area (Å²) in [7, 11) is -3.56. The first-order chi connectivity index (χ1) is 8.94. The SMILES string of the molecule is Cc1sc(CN)cc1S(=O)(=O)NC(C)c1ccco1. The van der Waals surface area contributed by atoms with Gasteiger partial charge in [0.15, 0.2) is 0 Å². The summed E-state index contributed by atoms with van der Waals surface area (Å²) in [5.41, 5.74) is 5.53. The number of thiophene rings is 1. The van der Waals surface area contributed by atoms with Gasteiger partial charge in [-0.15, -0.1) is 11.3 Å². The van der Waals surface area contributed by atoms with Crippen LogP contribution in [0.15, 0.2) is 33.8 Å². The lowest BCUT2D eigenvalue weighted by molar-refractivity contribution is 0.459. The quantitative estimate of drug-likeness (QED) is 0.886. The van der Waals surface area contributed by atoms with Crippen LogP contribution in [-0.2, 0) is 16.6 Å². The summed E-state index contributed by atoms with van der Waals surface area (Å²) in [6.45, 7) is 3.85. The van der Waals surface area contributed by atoms with E-state index >= 15 is 0 Å². The van der Waals surface area contributed by atoms with Crippen molar-refractivity contribution in [3.05, 3.63) is 40.0 Å². The standard InChI is InChI=1S/C12H16N2O3S2/c1-8(11-4-3-5-17-11)14-19(15,16)12-6-10(7-13)18-9(12)2/h3-6,8,14H,7,13H2,1-2H3. The Morgan fingerprint density at radius 1 is 1.53 bits per heavy atom.